The van der Waals surface area contributed by atoms with Gasteiger partial charge in [0.05, 0.1) is 5.56 Å². The molecular formula is C22H14FNO3. The summed E-state index contributed by atoms with van der Waals surface area (Å²) in [5.41, 5.74) is 0.664. The fraction of sp³-hybridized carbons (Fsp3) is 0. The van der Waals surface area contributed by atoms with Gasteiger partial charge in [-0.2, -0.15) is 0 Å². The number of halogens is 1. The van der Waals surface area contributed by atoms with Crippen molar-refractivity contribution in [3.8, 4) is 11.4 Å². The Hall–Kier alpha value is -3.73. The smallest absolute Gasteiger partial charge is 0.345 e. The monoisotopic (exact) mass is 359 g/mol. The summed E-state index contributed by atoms with van der Waals surface area (Å²) in [5.74, 6) is -0.816. The van der Waals surface area contributed by atoms with Gasteiger partial charge in [0.2, 0.25) is 0 Å². The molecule has 0 radical (unpaired) electrons. The summed E-state index contributed by atoms with van der Waals surface area (Å²) in [7, 11) is 0. The number of fused-ring (bicyclic) bond motifs is 1. The van der Waals surface area contributed by atoms with Crippen molar-refractivity contribution >= 4 is 16.7 Å². The number of hydrogen-bond acceptors (Lipinski definition) is 3. The molecule has 0 saturated heterocycles. The normalized spacial score (nSPS) is 10.7. The predicted octanol–water partition coefficient (Wildman–Crippen LogP) is 4.35. The Morgan fingerprint density at radius 2 is 1.44 bits per heavy atom. The molecule has 0 bridgehead atoms. The Bertz CT molecular complexity index is 1180. The van der Waals surface area contributed by atoms with Gasteiger partial charge in [0, 0.05) is 22.7 Å². The number of nitrogens with zero attached hydrogens (tertiary/aromatic N) is 1. The quantitative estimate of drug-likeness (QED) is 0.404. The molecule has 0 unspecified atom stereocenters. The number of benzene rings is 3. The molecule has 0 aliphatic heterocycles. The fourth-order valence-electron chi connectivity index (χ4n) is 2.90. The van der Waals surface area contributed by atoms with Crippen molar-refractivity contribution in [3.63, 3.8) is 0 Å². The topological polar surface area (TPSA) is 48.3 Å². The molecule has 3 aromatic carbocycles. The van der Waals surface area contributed by atoms with E-state index in [1.54, 1.807) is 36.4 Å². The fourth-order valence-corrected chi connectivity index (χ4v) is 2.90. The van der Waals surface area contributed by atoms with Crippen LogP contribution >= 0.6 is 0 Å². The van der Waals surface area contributed by atoms with Gasteiger partial charge in [0.25, 0.3) is 5.56 Å². The van der Waals surface area contributed by atoms with Gasteiger partial charge in [-0.1, -0.05) is 36.4 Å². The minimum absolute atomic E-state index is 0.225. The number of esters is 1. The van der Waals surface area contributed by atoms with E-state index in [9.17, 15) is 14.0 Å². The van der Waals surface area contributed by atoms with Crippen LogP contribution in [0.1, 0.15) is 10.4 Å². The zero-order valence-corrected chi connectivity index (χ0v) is 14.1. The van der Waals surface area contributed by atoms with Gasteiger partial charge in [-0.15, -0.1) is 0 Å². The molecule has 5 heteroatoms. The predicted molar refractivity (Wildman–Crippen MR) is 101 cm³/mol. The molecular weight excluding hydrogens is 345 g/mol. The summed E-state index contributed by atoms with van der Waals surface area (Å²) in [6, 6.07) is 21.1. The van der Waals surface area contributed by atoms with Crippen molar-refractivity contribution in [3.05, 3.63) is 107 Å². The van der Waals surface area contributed by atoms with Gasteiger partial charge in [0.15, 0.2) is 0 Å². The Labute approximate surface area is 154 Å². The summed E-state index contributed by atoms with van der Waals surface area (Å²) in [5, 5.41) is 0.914. The number of carbonyl (C=O) groups is 1. The van der Waals surface area contributed by atoms with Crippen molar-refractivity contribution in [1.29, 1.82) is 0 Å². The highest BCUT2D eigenvalue weighted by Gasteiger charge is 2.17. The van der Waals surface area contributed by atoms with E-state index in [4.69, 9.17) is 4.74 Å². The number of ether oxygens (including phenoxy) is 1. The highest BCUT2D eigenvalue weighted by Crippen LogP contribution is 2.20. The average molecular weight is 359 g/mol. The van der Waals surface area contributed by atoms with Crippen LogP contribution in [0.2, 0.25) is 0 Å². The highest BCUT2D eigenvalue weighted by molar-refractivity contribution is 6.04. The zero-order valence-electron chi connectivity index (χ0n) is 14.1. The van der Waals surface area contributed by atoms with Crippen LogP contribution in [0.25, 0.3) is 16.5 Å². The number of rotatable bonds is 3. The molecule has 1 aromatic heterocycles. The second-order valence-corrected chi connectivity index (χ2v) is 5.94. The summed E-state index contributed by atoms with van der Waals surface area (Å²) in [6.07, 6.45) is 1.48. The third-order valence-electron chi connectivity index (χ3n) is 4.20. The van der Waals surface area contributed by atoms with Crippen LogP contribution in [0.3, 0.4) is 0 Å². The number of hydrogen-bond donors (Lipinski definition) is 0. The van der Waals surface area contributed by atoms with Crippen LogP contribution in [-0.2, 0) is 0 Å². The van der Waals surface area contributed by atoms with E-state index < -0.39 is 11.8 Å². The first-order valence-corrected chi connectivity index (χ1v) is 8.31. The molecule has 1 heterocycles. The van der Waals surface area contributed by atoms with Gasteiger partial charge in [-0.25, -0.2) is 9.18 Å². The van der Waals surface area contributed by atoms with Crippen LogP contribution in [0, 0.1) is 5.82 Å². The van der Waals surface area contributed by atoms with Gasteiger partial charge in [-0.3, -0.25) is 9.36 Å². The first-order valence-electron chi connectivity index (χ1n) is 8.31. The molecule has 0 N–H and O–H groups in total. The second-order valence-electron chi connectivity index (χ2n) is 5.94. The molecule has 4 aromatic rings. The molecule has 0 spiro atoms. The lowest BCUT2D eigenvalue weighted by molar-refractivity contribution is 0.0736. The maximum absolute atomic E-state index is 13.1. The number of pyridine rings is 1. The average Bonchev–Trinajstić information content (AvgIpc) is 2.71. The summed E-state index contributed by atoms with van der Waals surface area (Å²) < 4.78 is 19.9. The molecule has 4 nitrogen and oxygen atoms in total. The summed E-state index contributed by atoms with van der Waals surface area (Å²) in [6.45, 7) is 0. The molecule has 0 fully saturated rings. The summed E-state index contributed by atoms with van der Waals surface area (Å²) in [4.78, 5) is 25.6. The maximum Gasteiger partial charge on any atom is 0.345 e. The first-order chi connectivity index (χ1) is 13.1. The minimum Gasteiger partial charge on any atom is -0.423 e. The molecule has 0 aliphatic carbocycles. The van der Waals surface area contributed by atoms with Crippen molar-refractivity contribution < 1.29 is 13.9 Å². The van der Waals surface area contributed by atoms with E-state index >= 15 is 0 Å². The molecule has 0 aliphatic rings. The molecule has 4 rings (SSSR count). The van der Waals surface area contributed by atoms with Gasteiger partial charge in [0.1, 0.15) is 11.6 Å². The molecule has 0 amide bonds. The van der Waals surface area contributed by atoms with Crippen LogP contribution < -0.4 is 10.3 Å². The SMILES string of the molecule is O=C(Oc1ccc(F)cc1)c1cn(-c2ccccc2)c(=O)c2ccccc12. The van der Waals surface area contributed by atoms with E-state index in [1.165, 1.54) is 35.0 Å². The first kappa shape index (κ1) is 16.7. The highest BCUT2D eigenvalue weighted by atomic mass is 19.1. The number of aromatic nitrogens is 1. The maximum atomic E-state index is 13.1. The van der Waals surface area contributed by atoms with Crippen LogP contribution in [0.5, 0.6) is 5.75 Å². The third kappa shape index (κ3) is 3.22. The largest absolute Gasteiger partial charge is 0.423 e. The van der Waals surface area contributed by atoms with Gasteiger partial charge < -0.3 is 4.74 Å². The standard InChI is InChI=1S/C22H14FNO3/c23-15-10-12-17(13-11-15)27-22(26)20-14-24(16-6-2-1-3-7-16)21(25)19-9-5-4-8-18(19)20/h1-14H. The van der Waals surface area contributed by atoms with Crippen LogP contribution in [0.15, 0.2) is 89.9 Å². The zero-order chi connectivity index (χ0) is 18.8. The Kier molecular flexibility index (Phi) is 4.26. The lowest BCUT2D eigenvalue weighted by atomic mass is 10.1. The van der Waals surface area contributed by atoms with Gasteiger partial charge in [-0.05, 0) is 42.5 Å². The van der Waals surface area contributed by atoms with E-state index in [0.29, 0.717) is 16.5 Å². The lowest BCUT2D eigenvalue weighted by Gasteiger charge is -2.12. The number of carbonyl (C=O) groups excluding carboxylic acids is 1. The van der Waals surface area contributed by atoms with Crippen molar-refractivity contribution in [2.75, 3.05) is 0 Å². The minimum atomic E-state index is -0.623. The Morgan fingerprint density at radius 1 is 0.815 bits per heavy atom. The van der Waals surface area contributed by atoms with E-state index in [-0.39, 0.29) is 16.9 Å². The molecule has 27 heavy (non-hydrogen) atoms. The number of para-hydroxylation sites is 1. The van der Waals surface area contributed by atoms with Crippen molar-refractivity contribution in [2.24, 2.45) is 0 Å². The van der Waals surface area contributed by atoms with E-state index in [1.807, 2.05) is 18.2 Å². The summed E-state index contributed by atoms with van der Waals surface area (Å²) >= 11 is 0. The van der Waals surface area contributed by atoms with Crippen molar-refractivity contribution in [2.45, 2.75) is 0 Å². The Balaban J connectivity index is 1.86. The lowest BCUT2D eigenvalue weighted by Crippen LogP contribution is -2.21. The van der Waals surface area contributed by atoms with Crippen LogP contribution in [-0.4, -0.2) is 10.5 Å². The molecule has 0 atom stereocenters. The molecule has 132 valence electrons. The van der Waals surface area contributed by atoms with E-state index in [0.717, 1.165) is 0 Å². The third-order valence-corrected chi connectivity index (χ3v) is 4.20. The van der Waals surface area contributed by atoms with E-state index in [2.05, 4.69) is 0 Å². The molecule has 0 saturated carbocycles. The second kappa shape index (κ2) is 6.88. The Morgan fingerprint density at radius 3 is 2.15 bits per heavy atom. The van der Waals surface area contributed by atoms with Crippen LogP contribution in [0.4, 0.5) is 4.39 Å². The van der Waals surface area contributed by atoms with Crippen molar-refractivity contribution in [1.82, 2.24) is 4.57 Å². The van der Waals surface area contributed by atoms with Gasteiger partial charge >= 0.3 is 5.97 Å².